The second-order valence-corrected chi connectivity index (χ2v) is 6.40. The molecule has 0 aliphatic carbocycles. The highest BCUT2D eigenvalue weighted by atomic mass is 16.5. The average molecular weight is 374 g/mol. The lowest BCUT2D eigenvalue weighted by Crippen LogP contribution is -2.27. The van der Waals surface area contributed by atoms with Gasteiger partial charge in [0.2, 0.25) is 11.8 Å². The molecular formula is C23H22N2O3. The van der Waals surface area contributed by atoms with Gasteiger partial charge in [-0.15, -0.1) is 0 Å². The van der Waals surface area contributed by atoms with E-state index >= 15 is 0 Å². The van der Waals surface area contributed by atoms with E-state index in [1.165, 1.54) is 0 Å². The molecule has 0 unspecified atom stereocenters. The SMILES string of the molecule is Cc1cccc(CNC(=O)CC(=O)Nc2ccccc2Oc2ccccc2)c1. The van der Waals surface area contributed by atoms with Crippen LogP contribution in [0.1, 0.15) is 17.5 Å². The molecule has 5 heteroatoms. The summed E-state index contributed by atoms with van der Waals surface area (Å²) in [5.74, 6) is 0.452. The summed E-state index contributed by atoms with van der Waals surface area (Å²) >= 11 is 0. The molecule has 3 rings (SSSR count). The molecule has 0 heterocycles. The Kier molecular flexibility index (Phi) is 6.41. The maximum absolute atomic E-state index is 12.3. The van der Waals surface area contributed by atoms with Crippen molar-refractivity contribution in [3.63, 3.8) is 0 Å². The number of carbonyl (C=O) groups excluding carboxylic acids is 2. The summed E-state index contributed by atoms with van der Waals surface area (Å²) in [4.78, 5) is 24.3. The molecule has 0 saturated carbocycles. The van der Waals surface area contributed by atoms with Crippen LogP contribution in [-0.4, -0.2) is 11.8 Å². The van der Waals surface area contributed by atoms with E-state index in [1.54, 1.807) is 18.2 Å². The first-order chi connectivity index (χ1) is 13.6. The van der Waals surface area contributed by atoms with E-state index < -0.39 is 5.91 Å². The molecule has 0 aliphatic heterocycles. The maximum atomic E-state index is 12.3. The zero-order valence-electron chi connectivity index (χ0n) is 15.6. The summed E-state index contributed by atoms with van der Waals surface area (Å²) in [6, 6.07) is 24.3. The number of para-hydroxylation sites is 3. The Hall–Kier alpha value is -3.60. The van der Waals surface area contributed by atoms with Gasteiger partial charge in [0, 0.05) is 6.54 Å². The second-order valence-electron chi connectivity index (χ2n) is 6.40. The van der Waals surface area contributed by atoms with Crippen LogP contribution in [0.2, 0.25) is 0 Å². The average Bonchev–Trinajstić information content (AvgIpc) is 2.69. The minimum absolute atomic E-state index is 0.258. The van der Waals surface area contributed by atoms with Crippen LogP contribution < -0.4 is 15.4 Å². The third kappa shape index (κ3) is 5.71. The summed E-state index contributed by atoms with van der Waals surface area (Å²) in [6.07, 6.45) is -0.258. The molecule has 3 aromatic carbocycles. The van der Waals surface area contributed by atoms with Gasteiger partial charge in [0.1, 0.15) is 12.2 Å². The molecule has 28 heavy (non-hydrogen) atoms. The van der Waals surface area contributed by atoms with E-state index in [2.05, 4.69) is 10.6 Å². The molecule has 0 atom stereocenters. The lowest BCUT2D eigenvalue weighted by Gasteiger charge is -2.12. The van der Waals surface area contributed by atoms with E-state index in [1.807, 2.05) is 67.6 Å². The molecule has 0 aliphatic rings. The number of hydrogen-bond acceptors (Lipinski definition) is 3. The van der Waals surface area contributed by atoms with E-state index in [9.17, 15) is 9.59 Å². The molecular weight excluding hydrogens is 352 g/mol. The van der Waals surface area contributed by atoms with Gasteiger partial charge in [0.15, 0.2) is 5.75 Å². The van der Waals surface area contributed by atoms with Crippen LogP contribution >= 0.6 is 0 Å². The Labute approximate surface area is 164 Å². The van der Waals surface area contributed by atoms with Crippen molar-refractivity contribution in [2.24, 2.45) is 0 Å². The molecule has 142 valence electrons. The Morgan fingerprint density at radius 3 is 2.39 bits per heavy atom. The van der Waals surface area contributed by atoms with Crippen molar-refractivity contribution < 1.29 is 14.3 Å². The molecule has 5 nitrogen and oxygen atoms in total. The van der Waals surface area contributed by atoms with Gasteiger partial charge in [-0.05, 0) is 36.8 Å². The lowest BCUT2D eigenvalue weighted by molar-refractivity contribution is -0.126. The largest absolute Gasteiger partial charge is 0.455 e. The van der Waals surface area contributed by atoms with Crippen molar-refractivity contribution >= 4 is 17.5 Å². The number of amides is 2. The second kappa shape index (κ2) is 9.37. The van der Waals surface area contributed by atoms with Gasteiger partial charge in [-0.3, -0.25) is 9.59 Å². The van der Waals surface area contributed by atoms with Crippen LogP contribution in [0.25, 0.3) is 0 Å². The first-order valence-electron chi connectivity index (χ1n) is 9.04. The molecule has 2 amide bonds. The fourth-order valence-corrected chi connectivity index (χ4v) is 2.70. The zero-order chi connectivity index (χ0) is 19.8. The summed E-state index contributed by atoms with van der Waals surface area (Å²) in [5, 5.41) is 5.51. The quantitative estimate of drug-likeness (QED) is 0.601. The van der Waals surface area contributed by atoms with Crippen LogP contribution in [0, 0.1) is 6.92 Å². The predicted octanol–water partition coefficient (Wildman–Crippen LogP) is 4.43. The smallest absolute Gasteiger partial charge is 0.233 e. The van der Waals surface area contributed by atoms with E-state index in [0.29, 0.717) is 23.7 Å². The van der Waals surface area contributed by atoms with E-state index in [0.717, 1.165) is 11.1 Å². The highest BCUT2D eigenvalue weighted by Crippen LogP contribution is 2.29. The van der Waals surface area contributed by atoms with Gasteiger partial charge in [0.25, 0.3) is 0 Å². The van der Waals surface area contributed by atoms with Crippen LogP contribution in [0.4, 0.5) is 5.69 Å². The first-order valence-corrected chi connectivity index (χ1v) is 9.04. The summed E-state index contributed by atoms with van der Waals surface area (Å²) in [5.41, 5.74) is 2.64. The van der Waals surface area contributed by atoms with Crippen molar-refractivity contribution in [2.45, 2.75) is 19.9 Å². The molecule has 0 spiro atoms. The number of aryl methyl sites for hydroxylation is 1. The number of hydrogen-bond donors (Lipinski definition) is 2. The minimum Gasteiger partial charge on any atom is -0.455 e. The normalized spacial score (nSPS) is 10.2. The highest BCUT2D eigenvalue weighted by Gasteiger charge is 2.12. The summed E-state index contributed by atoms with van der Waals surface area (Å²) < 4.78 is 5.82. The number of rotatable bonds is 7. The molecule has 0 bridgehead atoms. The van der Waals surface area contributed by atoms with Crippen LogP contribution in [-0.2, 0) is 16.1 Å². The maximum Gasteiger partial charge on any atom is 0.233 e. The van der Waals surface area contributed by atoms with Crippen molar-refractivity contribution in [2.75, 3.05) is 5.32 Å². The predicted molar refractivity (Wildman–Crippen MR) is 109 cm³/mol. The number of benzene rings is 3. The molecule has 0 aromatic heterocycles. The summed E-state index contributed by atoms with van der Waals surface area (Å²) in [7, 11) is 0. The third-order valence-corrected chi connectivity index (χ3v) is 4.03. The molecule has 0 fully saturated rings. The Morgan fingerprint density at radius 1 is 0.857 bits per heavy atom. The van der Waals surface area contributed by atoms with Crippen molar-refractivity contribution in [1.29, 1.82) is 0 Å². The molecule has 0 saturated heterocycles. The van der Waals surface area contributed by atoms with Gasteiger partial charge < -0.3 is 15.4 Å². The van der Waals surface area contributed by atoms with Gasteiger partial charge in [0.05, 0.1) is 5.69 Å². The highest BCUT2D eigenvalue weighted by molar-refractivity contribution is 6.04. The Morgan fingerprint density at radius 2 is 1.61 bits per heavy atom. The summed E-state index contributed by atoms with van der Waals surface area (Å²) in [6.45, 7) is 2.38. The first kappa shape index (κ1) is 19.2. The molecule has 3 aromatic rings. The number of anilines is 1. The van der Waals surface area contributed by atoms with Crippen LogP contribution in [0.5, 0.6) is 11.5 Å². The standard InChI is InChI=1S/C23H22N2O3/c1-17-8-7-9-18(14-17)16-24-22(26)15-23(27)25-20-12-5-6-13-21(20)28-19-10-3-2-4-11-19/h2-14H,15-16H2,1H3,(H,24,26)(H,25,27). The van der Waals surface area contributed by atoms with Gasteiger partial charge in [-0.1, -0.05) is 60.2 Å². The van der Waals surface area contributed by atoms with Gasteiger partial charge in [-0.2, -0.15) is 0 Å². The van der Waals surface area contributed by atoms with E-state index in [-0.39, 0.29) is 12.3 Å². The number of ether oxygens (including phenoxy) is 1. The lowest BCUT2D eigenvalue weighted by atomic mass is 10.1. The molecule has 2 N–H and O–H groups in total. The number of carbonyl (C=O) groups is 2. The van der Waals surface area contributed by atoms with Crippen LogP contribution in [0.15, 0.2) is 78.9 Å². The monoisotopic (exact) mass is 374 g/mol. The Balaban J connectivity index is 1.55. The van der Waals surface area contributed by atoms with E-state index in [4.69, 9.17) is 4.74 Å². The molecule has 0 radical (unpaired) electrons. The van der Waals surface area contributed by atoms with Gasteiger partial charge >= 0.3 is 0 Å². The van der Waals surface area contributed by atoms with Crippen LogP contribution in [0.3, 0.4) is 0 Å². The van der Waals surface area contributed by atoms with Crippen molar-refractivity contribution in [1.82, 2.24) is 5.32 Å². The van der Waals surface area contributed by atoms with Crippen molar-refractivity contribution in [3.8, 4) is 11.5 Å². The topological polar surface area (TPSA) is 67.4 Å². The fraction of sp³-hybridized carbons (Fsp3) is 0.130. The van der Waals surface area contributed by atoms with Gasteiger partial charge in [-0.25, -0.2) is 0 Å². The zero-order valence-corrected chi connectivity index (χ0v) is 15.6. The van der Waals surface area contributed by atoms with Crippen molar-refractivity contribution in [3.05, 3.63) is 90.0 Å². The third-order valence-electron chi connectivity index (χ3n) is 4.03. The fourth-order valence-electron chi connectivity index (χ4n) is 2.70. The minimum atomic E-state index is -0.397. The Bertz CT molecular complexity index is 955. The number of nitrogens with one attached hydrogen (secondary N) is 2.